The van der Waals surface area contributed by atoms with Gasteiger partial charge in [0, 0.05) is 25.5 Å². The quantitative estimate of drug-likeness (QED) is 0.680. The second kappa shape index (κ2) is 9.56. The lowest BCUT2D eigenvalue weighted by Gasteiger charge is -2.22. The molecule has 1 aromatic carbocycles. The number of ether oxygens (including phenoxy) is 2. The van der Waals surface area contributed by atoms with E-state index in [1.165, 1.54) is 7.11 Å². The molecule has 0 aliphatic rings. The van der Waals surface area contributed by atoms with Crippen molar-refractivity contribution < 1.29 is 19.1 Å². The van der Waals surface area contributed by atoms with Crippen LogP contribution >= 0.6 is 0 Å². The number of nitrogens with zero attached hydrogens (tertiary/aromatic N) is 2. The summed E-state index contributed by atoms with van der Waals surface area (Å²) in [5.41, 5.74) is 2.92. The Bertz CT molecular complexity index is 747. The number of methoxy groups -OCH3 is 1. The zero-order valence-corrected chi connectivity index (χ0v) is 15.4. The van der Waals surface area contributed by atoms with E-state index in [-0.39, 0.29) is 31.4 Å². The van der Waals surface area contributed by atoms with Crippen LogP contribution in [0.1, 0.15) is 23.1 Å². The number of rotatable bonds is 8. The molecule has 0 aliphatic heterocycles. The number of benzene rings is 1. The number of carbonyl (C=O) groups is 2. The van der Waals surface area contributed by atoms with Crippen LogP contribution in [0.2, 0.25) is 0 Å². The summed E-state index contributed by atoms with van der Waals surface area (Å²) < 4.78 is 10.4. The van der Waals surface area contributed by atoms with Crippen LogP contribution in [0.3, 0.4) is 0 Å². The van der Waals surface area contributed by atoms with Gasteiger partial charge in [0.05, 0.1) is 13.5 Å². The molecule has 0 bridgehead atoms. The van der Waals surface area contributed by atoms with E-state index < -0.39 is 0 Å². The minimum atomic E-state index is -0.357. The van der Waals surface area contributed by atoms with Gasteiger partial charge in [-0.3, -0.25) is 14.6 Å². The monoisotopic (exact) mass is 356 g/mol. The fourth-order valence-electron chi connectivity index (χ4n) is 2.43. The number of hydrogen-bond acceptors (Lipinski definition) is 5. The first kappa shape index (κ1) is 19.4. The fraction of sp³-hybridized carbons (Fsp3) is 0.350. The molecule has 1 amide bonds. The van der Waals surface area contributed by atoms with E-state index in [1.54, 1.807) is 17.3 Å². The number of amides is 1. The molecular weight excluding hydrogens is 332 g/mol. The highest BCUT2D eigenvalue weighted by Gasteiger charge is 2.17. The number of esters is 1. The molecule has 0 saturated carbocycles. The van der Waals surface area contributed by atoms with Gasteiger partial charge in [-0.1, -0.05) is 18.2 Å². The number of pyridine rings is 1. The Hall–Kier alpha value is -2.89. The van der Waals surface area contributed by atoms with Gasteiger partial charge in [0.1, 0.15) is 5.75 Å². The molecule has 0 radical (unpaired) electrons. The molecule has 0 spiro atoms. The molecule has 0 atom stereocenters. The fourth-order valence-corrected chi connectivity index (χ4v) is 2.43. The van der Waals surface area contributed by atoms with Crippen LogP contribution in [0.25, 0.3) is 0 Å². The summed E-state index contributed by atoms with van der Waals surface area (Å²) in [6, 6.07) is 9.55. The summed E-state index contributed by atoms with van der Waals surface area (Å²) in [7, 11) is 1.33. The minimum absolute atomic E-state index is 0.0915. The van der Waals surface area contributed by atoms with Crippen LogP contribution in [-0.2, 0) is 20.9 Å². The van der Waals surface area contributed by atoms with E-state index in [2.05, 4.69) is 9.72 Å². The van der Waals surface area contributed by atoms with Gasteiger partial charge in [-0.2, -0.15) is 0 Å². The van der Waals surface area contributed by atoms with E-state index >= 15 is 0 Å². The standard InChI is InChI=1S/C20H24N2O4/c1-15-6-7-16(2)18(11-15)26-14-19(23)22(10-8-20(24)25-3)13-17-5-4-9-21-12-17/h4-7,9,11-12H,8,10,13-14H2,1-3H3. The van der Waals surface area contributed by atoms with Gasteiger partial charge >= 0.3 is 5.97 Å². The second-order valence-electron chi connectivity index (χ2n) is 6.06. The Kier molecular flexibility index (Phi) is 7.14. The highest BCUT2D eigenvalue weighted by atomic mass is 16.5. The Labute approximate surface area is 153 Å². The third-order valence-electron chi connectivity index (χ3n) is 3.96. The first-order valence-electron chi connectivity index (χ1n) is 8.43. The van der Waals surface area contributed by atoms with Crippen LogP contribution in [0.5, 0.6) is 5.75 Å². The molecule has 2 aromatic rings. The van der Waals surface area contributed by atoms with Gasteiger partial charge in [0.25, 0.3) is 5.91 Å². The highest BCUT2D eigenvalue weighted by molar-refractivity contribution is 5.78. The number of aromatic nitrogens is 1. The summed E-state index contributed by atoms with van der Waals surface area (Å²) >= 11 is 0. The lowest BCUT2D eigenvalue weighted by atomic mass is 10.1. The van der Waals surface area contributed by atoms with Gasteiger partial charge < -0.3 is 14.4 Å². The van der Waals surface area contributed by atoms with Crippen molar-refractivity contribution in [1.29, 1.82) is 0 Å². The number of aryl methyl sites for hydroxylation is 2. The van der Waals surface area contributed by atoms with Crippen molar-refractivity contribution in [2.24, 2.45) is 0 Å². The summed E-state index contributed by atoms with van der Waals surface area (Å²) in [6.45, 7) is 4.44. The van der Waals surface area contributed by atoms with Crippen LogP contribution < -0.4 is 4.74 Å². The van der Waals surface area contributed by atoms with Gasteiger partial charge in [0.15, 0.2) is 6.61 Å². The van der Waals surface area contributed by atoms with Crippen LogP contribution in [-0.4, -0.2) is 42.0 Å². The molecule has 6 nitrogen and oxygen atoms in total. The van der Waals surface area contributed by atoms with Crippen LogP contribution in [0.4, 0.5) is 0 Å². The van der Waals surface area contributed by atoms with Crippen molar-refractivity contribution in [3.8, 4) is 5.75 Å². The first-order chi connectivity index (χ1) is 12.5. The van der Waals surface area contributed by atoms with Gasteiger partial charge in [-0.15, -0.1) is 0 Å². The molecule has 0 N–H and O–H groups in total. The maximum absolute atomic E-state index is 12.6. The Morgan fingerprint density at radius 3 is 2.69 bits per heavy atom. The Morgan fingerprint density at radius 2 is 2.00 bits per heavy atom. The zero-order valence-electron chi connectivity index (χ0n) is 15.4. The molecule has 138 valence electrons. The molecule has 1 aromatic heterocycles. The smallest absolute Gasteiger partial charge is 0.307 e. The van der Waals surface area contributed by atoms with Crippen LogP contribution in [0.15, 0.2) is 42.7 Å². The van der Waals surface area contributed by atoms with Crippen molar-refractivity contribution in [3.05, 3.63) is 59.4 Å². The Balaban J connectivity index is 2.03. The normalized spacial score (nSPS) is 10.3. The van der Waals surface area contributed by atoms with E-state index in [4.69, 9.17) is 4.74 Å². The molecule has 26 heavy (non-hydrogen) atoms. The highest BCUT2D eigenvalue weighted by Crippen LogP contribution is 2.19. The van der Waals surface area contributed by atoms with Crippen LogP contribution in [0, 0.1) is 13.8 Å². The summed E-state index contributed by atoms with van der Waals surface area (Å²) in [6.07, 6.45) is 3.50. The van der Waals surface area contributed by atoms with E-state index in [0.717, 1.165) is 16.7 Å². The average Bonchev–Trinajstić information content (AvgIpc) is 2.66. The molecule has 1 heterocycles. The van der Waals surface area contributed by atoms with Crippen molar-refractivity contribution in [1.82, 2.24) is 9.88 Å². The SMILES string of the molecule is COC(=O)CCN(Cc1cccnc1)C(=O)COc1cc(C)ccc1C. The van der Waals surface area contributed by atoms with Crippen molar-refractivity contribution in [3.63, 3.8) is 0 Å². The number of carbonyl (C=O) groups excluding carboxylic acids is 2. The second-order valence-corrected chi connectivity index (χ2v) is 6.06. The summed E-state index contributed by atoms with van der Waals surface area (Å²) in [5.74, 6) is 0.135. The molecule has 0 aliphatic carbocycles. The largest absolute Gasteiger partial charge is 0.483 e. The lowest BCUT2D eigenvalue weighted by molar-refractivity contribution is -0.142. The maximum atomic E-state index is 12.6. The predicted molar refractivity (Wildman–Crippen MR) is 97.7 cm³/mol. The maximum Gasteiger partial charge on any atom is 0.307 e. The minimum Gasteiger partial charge on any atom is -0.483 e. The molecule has 2 rings (SSSR count). The summed E-state index contributed by atoms with van der Waals surface area (Å²) in [5, 5.41) is 0. The zero-order chi connectivity index (χ0) is 18.9. The van der Waals surface area contributed by atoms with E-state index in [1.807, 2.05) is 44.2 Å². The predicted octanol–water partition coefficient (Wildman–Crippen LogP) is 2.67. The lowest BCUT2D eigenvalue weighted by Crippen LogP contribution is -2.36. The molecular formula is C20H24N2O4. The van der Waals surface area contributed by atoms with Gasteiger partial charge in [-0.25, -0.2) is 0 Å². The average molecular weight is 356 g/mol. The molecule has 6 heteroatoms. The molecule has 0 fully saturated rings. The molecule has 0 saturated heterocycles. The molecule has 0 unspecified atom stereocenters. The topological polar surface area (TPSA) is 68.7 Å². The first-order valence-corrected chi connectivity index (χ1v) is 8.43. The van der Waals surface area contributed by atoms with Crippen molar-refractivity contribution in [2.75, 3.05) is 20.3 Å². The van der Waals surface area contributed by atoms with E-state index in [9.17, 15) is 9.59 Å². The van der Waals surface area contributed by atoms with Gasteiger partial charge in [-0.05, 0) is 42.7 Å². The van der Waals surface area contributed by atoms with Gasteiger partial charge in [0.2, 0.25) is 0 Å². The van der Waals surface area contributed by atoms with Crippen molar-refractivity contribution in [2.45, 2.75) is 26.8 Å². The van der Waals surface area contributed by atoms with E-state index in [0.29, 0.717) is 12.3 Å². The Morgan fingerprint density at radius 1 is 1.19 bits per heavy atom. The summed E-state index contributed by atoms with van der Waals surface area (Å²) in [4.78, 5) is 29.7. The van der Waals surface area contributed by atoms with Crippen molar-refractivity contribution >= 4 is 11.9 Å². The third kappa shape index (κ3) is 5.88. The number of hydrogen-bond donors (Lipinski definition) is 0. The third-order valence-corrected chi connectivity index (χ3v) is 3.96.